The first kappa shape index (κ1) is 14.9. The Balaban J connectivity index is 2.12. The molecule has 0 spiro atoms. The van der Waals surface area contributed by atoms with E-state index in [1.807, 2.05) is 0 Å². The number of hydrogen-bond acceptors (Lipinski definition) is 3. The van der Waals surface area contributed by atoms with Gasteiger partial charge in [0, 0.05) is 31.0 Å². The zero-order chi connectivity index (χ0) is 14.6. The molecule has 4 nitrogen and oxygen atoms in total. The number of benzene rings is 1. The van der Waals surface area contributed by atoms with Crippen LogP contribution in [0.1, 0.15) is 24.8 Å². The van der Waals surface area contributed by atoms with Crippen molar-refractivity contribution in [2.45, 2.75) is 19.3 Å². The first-order chi connectivity index (χ1) is 9.57. The highest BCUT2D eigenvalue weighted by Gasteiger charge is 2.38. The van der Waals surface area contributed by atoms with Gasteiger partial charge in [0.2, 0.25) is 5.91 Å². The van der Waals surface area contributed by atoms with E-state index in [0.29, 0.717) is 31.7 Å². The molecule has 1 aliphatic heterocycles. The molecule has 0 aliphatic carbocycles. The van der Waals surface area contributed by atoms with Crippen LogP contribution < -0.4 is 11.1 Å². The first-order valence-electron chi connectivity index (χ1n) is 6.55. The van der Waals surface area contributed by atoms with Crippen LogP contribution in [0.5, 0.6) is 0 Å². The molecule has 3 N–H and O–H groups in total. The standard InChI is InChI=1S/C14H18F2N2O2/c15-12(16)10-2-1-3-11(8-10)18-13(19)14(9-17)4-6-20-7-5-14/h1-3,8,12H,4-7,9,17H2,(H,18,19). The Hall–Kier alpha value is -1.53. The van der Waals surface area contributed by atoms with Crippen molar-refractivity contribution in [2.75, 3.05) is 25.1 Å². The van der Waals surface area contributed by atoms with Crippen molar-refractivity contribution in [3.05, 3.63) is 29.8 Å². The monoisotopic (exact) mass is 284 g/mol. The third kappa shape index (κ3) is 3.13. The summed E-state index contributed by atoms with van der Waals surface area (Å²) in [6.07, 6.45) is -1.47. The van der Waals surface area contributed by atoms with Gasteiger partial charge in [0.05, 0.1) is 5.41 Å². The molecule has 1 fully saturated rings. The van der Waals surface area contributed by atoms with Crippen LogP contribution in [0.3, 0.4) is 0 Å². The SMILES string of the molecule is NCC1(C(=O)Nc2cccc(C(F)F)c2)CCOCC1. The van der Waals surface area contributed by atoms with Crippen LogP contribution in [0, 0.1) is 5.41 Å². The highest BCUT2D eigenvalue weighted by atomic mass is 19.3. The molecule has 110 valence electrons. The second-order valence-corrected chi connectivity index (χ2v) is 4.98. The van der Waals surface area contributed by atoms with E-state index in [1.165, 1.54) is 18.2 Å². The van der Waals surface area contributed by atoms with Gasteiger partial charge in [-0.25, -0.2) is 8.78 Å². The van der Waals surface area contributed by atoms with Crippen LogP contribution in [0.25, 0.3) is 0 Å². The quantitative estimate of drug-likeness (QED) is 0.891. The van der Waals surface area contributed by atoms with Gasteiger partial charge in [-0.15, -0.1) is 0 Å². The molecule has 0 bridgehead atoms. The predicted molar refractivity (Wildman–Crippen MR) is 71.6 cm³/mol. The molecule has 1 aromatic carbocycles. The maximum absolute atomic E-state index is 12.6. The van der Waals surface area contributed by atoms with E-state index in [1.54, 1.807) is 6.07 Å². The first-order valence-corrected chi connectivity index (χ1v) is 6.55. The van der Waals surface area contributed by atoms with E-state index < -0.39 is 11.8 Å². The number of rotatable bonds is 4. The van der Waals surface area contributed by atoms with Crippen molar-refractivity contribution in [3.8, 4) is 0 Å². The zero-order valence-electron chi connectivity index (χ0n) is 11.1. The van der Waals surface area contributed by atoms with Gasteiger partial charge in [-0.1, -0.05) is 12.1 Å². The minimum Gasteiger partial charge on any atom is -0.381 e. The summed E-state index contributed by atoms with van der Waals surface area (Å²) in [6.45, 7) is 1.19. The topological polar surface area (TPSA) is 64.4 Å². The minimum atomic E-state index is -2.56. The lowest BCUT2D eigenvalue weighted by Crippen LogP contribution is -2.46. The number of carbonyl (C=O) groups excluding carboxylic acids is 1. The number of nitrogens with one attached hydrogen (secondary N) is 1. The van der Waals surface area contributed by atoms with Crippen molar-refractivity contribution < 1.29 is 18.3 Å². The Morgan fingerprint density at radius 3 is 2.70 bits per heavy atom. The van der Waals surface area contributed by atoms with Gasteiger partial charge in [0.25, 0.3) is 6.43 Å². The number of alkyl halides is 2. The molecule has 1 amide bonds. The number of anilines is 1. The van der Waals surface area contributed by atoms with Crippen LogP contribution in [0.15, 0.2) is 24.3 Å². The van der Waals surface area contributed by atoms with E-state index >= 15 is 0 Å². The molecule has 1 heterocycles. The molecule has 20 heavy (non-hydrogen) atoms. The molecule has 2 rings (SSSR count). The van der Waals surface area contributed by atoms with E-state index in [4.69, 9.17) is 10.5 Å². The summed E-state index contributed by atoms with van der Waals surface area (Å²) in [7, 11) is 0. The van der Waals surface area contributed by atoms with Crippen molar-refractivity contribution in [2.24, 2.45) is 11.1 Å². The maximum Gasteiger partial charge on any atom is 0.263 e. The average molecular weight is 284 g/mol. The summed E-state index contributed by atoms with van der Waals surface area (Å²) in [5.74, 6) is -0.227. The second-order valence-electron chi connectivity index (χ2n) is 4.98. The summed E-state index contributed by atoms with van der Waals surface area (Å²) in [4.78, 5) is 12.4. The summed E-state index contributed by atoms with van der Waals surface area (Å²) in [5, 5.41) is 2.69. The molecular formula is C14H18F2N2O2. The smallest absolute Gasteiger partial charge is 0.263 e. The van der Waals surface area contributed by atoms with E-state index in [9.17, 15) is 13.6 Å². The molecule has 0 atom stereocenters. The number of nitrogens with two attached hydrogens (primary N) is 1. The van der Waals surface area contributed by atoms with Crippen molar-refractivity contribution in [1.29, 1.82) is 0 Å². The second kappa shape index (κ2) is 6.28. The Bertz CT molecular complexity index is 474. The number of hydrogen-bond donors (Lipinski definition) is 2. The predicted octanol–water partition coefficient (Wildman–Crippen LogP) is 2.32. The summed E-state index contributed by atoms with van der Waals surface area (Å²) < 4.78 is 30.5. The van der Waals surface area contributed by atoms with Gasteiger partial charge in [0.1, 0.15) is 0 Å². The van der Waals surface area contributed by atoms with Crippen molar-refractivity contribution >= 4 is 11.6 Å². The van der Waals surface area contributed by atoms with Crippen LogP contribution in [-0.4, -0.2) is 25.7 Å². The van der Waals surface area contributed by atoms with Gasteiger partial charge < -0.3 is 15.8 Å². The van der Waals surface area contributed by atoms with E-state index in [2.05, 4.69) is 5.32 Å². The number of ether oxygens (including phenoxy) is 1. The third-order valence-electron chi connectivity index (χ3n) is 3.72. The molecule has 0 unspecified atom stereocenters. The normalized spacial score (nSPS) is 18.0. The molecule has 0 aromatic heterocycles. The fourth-order valence-electron chi connectivity index (χ4n) is 2.30. The number of halogens is 2. The summed E-state index contributed by atoms with van der Waals surface area (Å²) in [6, 6.07) is 5.70. The van der Waals surface area contributed by atoms with Crippen molar-refractivity contribution in [3.63, 3.8) is 0 Å². The number of amides is 1. The summed E-state index contributed by atoms with van der Waals surface area (Å²) in [5.41, 5.74) is 5.32. The average Bonchev–Trinajstić information content (AvgIpc) is 2.48. The molecule has 1 saturated heterocycles. The summed E-state index contributed by atoms with van der Waals surface area (Å²) >= 11 is 0. The van der Waals surface area contributed by atoms with Crippen molar-refractivity contribution in [1.82, 2.24) is 0 Å². The van der Waals surface area contributed by atoms with Crippen LogP contribution >= 0.6 is 0 Å². The lowest BCUT2D eigenvalue weighted by molar-refractivity contribution is -0.130. The highest BCUT2D eigenvalue weighted by Crippen LogP contribution is 2.31. The Labute approximate surface area is 116 Å². The zero-order valence-corrected chi connectivity index (χ0v) is 11.1. The van der Waals surface area contributed by atoms with Gasteiger partial charge in [0.15, 0.2) is 0 Å². The van der Waals surface area contributed by atoms with Crippen LogP contribution in [-0.2, 0) is 9.53 Å². The molecule has 1 aliphatic rings. The maximum atomic E-state index is 12.6. The van der Waals surface area contributed by atoms with E-state index in [-0.39, 0.29) is 18.0 Å². The third-order valence-corrected chi connectivity index (χ3v) is 3.72. The van der Waals surface area contributed by atoms with Crippen LogP contribution in [0.2, 0.25) is 0 Å². The Morgan fingerprint density at radius 2 is 2.10 bits per heavy atom. The van der Waals surface area contributed by atoms with Gasteiger partial charge in [-0.05, 0) is 25.0 Å². The fourth-order valence-corrected chi connectivity index (χ4v) is 2.30. The van der Waals surface area contributed by atoms with E-state index in [0.717, 1.165) is 0 Å². The molecule has 1 aromatic rings. The molecule has 0 radical (unpaired) electrons. The molecule has 0 saturated carbocycles. The number of carbonyl (C=O) groups is 1. The molecular weight excluding hydrogens is 266 g/mol. The highest BCUT2D eigenvalue weighted by molar-refractivity contribution is 5.95. The minimum absolute atomic E-state index is 0.114. The largest absolute Gasteiger partial charge is 0.381 e. The van der Waals surface area contributed by atoms with Gasteiger partial charge in [-0.3, -0.25) is 4.79 Å². The lowest BCUT2D eigenvalue weighted by Gasteiger charge is -2.34. The van der Waals surface area contributed by atoms with Gasteiger partial charge in [-0.2, -0.15) is 0 Å². The van der Waals surface area contributed by atoms with Crippen LogP contribution in [0.4, 0.5) is 14.5 Å². The Kier molecular flexibility index (Phi) is 4.67. The lowest BCUT2D eigenvalue weighted by atomic mass is 9.79. The fraction of sp³-hybridized carbons (Fsp3) is 0.500. The Morgan fingerprint density at radius 1 is 1.40 bits per heavy atom. The molecule has 6 heteroatoms. The van der Waals surface area contributed by atoms with Gasteiger partial charge >= 0.3 is 0 Å².